The molecule has 0 spiro atoms. The number of carbonyl (C=O) groups is 1. The fourth-order valence-corrected chi connectivity index (χ4v) is 3.31. The molecule has 1 aromatic carbocycles. The van der Waals surface area contributed by atoms with Crippen molar-refractivity contribution in [2.24, 2.45) is 0 Å². The molecular formula is C17H15NO4S. The number of hydrogen-bond donors (Lipinski definition) is 1. The van der Waals surface area contributed by atoms with Crippen LogP contribution in [0.15, 0.2) is 46.6 Å². The van der Waals surface area contributed by atoms with Gasteiger partial charge in [-0.2, -0.15) is 0 Å². The van der Waals surface area contributed by atoms with Gasteiger partial charge in [0, 0.05) is 0 Å². The number of thiophene rings is 1. The smallest absolute Gasteiger partial charge is 0.347 e. The molecule has 0 saturated heterocycles. The number of esters is 1. The van der Waals surface area contributed by atoms with E-state index in [-0.39, 0.29) is 17.9 Å². The molecule has 2 heterocycles. The van der Waals surface area contributed by atoms with E-state index in [1.807, 2.05) is 30.3 Å². The number of carbonyl (C=O) groups excluding carboxylic acids is 1. The molecule has 0 amide bonds. The van der Waals surface area contributed by atoms with E-state index in [4.69, 9.17) is 4.74 Å². The molecule has 2 aromatic heterocycles. The number of aromatic nitrogens is 1. The Balaban J connectivity index is 2.22. The highest BCUT2D eigenvalue weighted by atomic mass is 32.1. The third kappa shape index (κ3) is 2.73. The summed E-state index contributed by atoms with van der Waals surface area (Å²) in [7, 11) is 0. The standard InChI is InChI=1S/C17H15NO4S/c1-2-22-17(21)13-14(19)15-12(8-9-23-15)18(16(13)20)10-11-6-4-3-5-7-11/h3-9,19H,2,10H2,1H3. The fourth-order valence-electron chi connectivity index (χ4n) is 2.46. The molecule has 23 heavy (non-hydrogen) atoms. The van der Waals surface area contributed by atoms with Crippen LogP contribution in [0.4, 0.5) is 0 Å². The first-order chi connectivity index (χ1) is 11.1. The van der Waals surface area contributed by atoms with Gasteiger partial charge in [-0.25, -0.2) is 4.79 Å². The Bertz CT molecular complexity index is 911. The average molecular weight is 329 g/mol. The van der Waals surface area contributed by atoms with Gasteiger partial charge in [-0.05, 0) is 23.9 Å². The molecule has 0 aliphatic rings. The van der Waals surface area contributed by atoms with Gasteiger partial charge >= 0.3 is 5.97 Å². The number of hydrogen-bond acceptors (Lipinski definition) is 5. The Labute approximate surface area is 136 Å². The third-order valence-corrected chi connectivity index (χ3v) is 4.42. The zero-order valence-corrected chi connectivity index (χ0v) is 13.3. The highest BCUT2D eigenvalue weighted by molar-refractivity contribution is 7.17. The summed E-state index contributed by atoms with van der Waals surface area (Å²) in [5, 5.41) is 12.1. The zero-order valence-electron chi connectivity index (χ0n) is 12.5. The topological polar surface area (TPSA) is 68.5 Å². The molecule has 1 N–H and O–H groups in total. The zero-order chi connectivity index (χ0) is 16.4. The molecular weight excluding hydrogens is 314 g/mol. The van der Waals surface area contributed by atoms with Gasteiger partial charge in [-0.1, -0.05) is 30.3 Å². The van der Waals surface area contributed by atoms with Crippen LogP contribution in [-0.4, -0.2) is 22.2 Å². The van der Waals surface area contributed by atoms with Crippen molar-refractivity contribution >= 4 is 27.5 Å². The van der Waals surface area contributed by atoms with Gasteiger partial charge in [0.25, 0.3) is 5.56 Å². The minimum absolute atomic E-state index is 0.138. The van der Waals surface area contributed by atoms with Gasteiger partial charge in [-0.15, -0.1) is 11.3 Å². The molecule has 118 valence electrons. The van der Waals surface area contributed by atoms with Gasteiger partial charge in [0.15, 0.2) is 11.3 Å². The number of ether oxygens (including phenoxy) is 1. The van der Waals surface area contributed by atoms with E-state index in [0.29, 0.717) is 16.8 Å². The van der Waals surface area contributed by atoms with Crippen LogP contribution in [0.1, 0.15) is 22.8 Å². The maximum Gasteiger partial charge on any atom is 0.347 e. The minimum Gasteiger partial charge on any atom is -0.505 e. The SMILES string of the molecule is CCOC(=O)c1c(O)c2sccc2n(Cc2ccccc2)c1=O. The second kappa shape index (κ2) is 6.26. The first kappa shape index (κ1) is 15.3. The maximum absolute atomic E-state index is 12.7. The van der Waals surface area contributed by atoms with Crippen LogP contribution >= 0.6 is 11.3 Å². The van der Waals surface area contributed by atoms with Crippen molar-refractivity contribution in [3.8, 4) is 5.75 Å². The maximum atomic E-state index is 12.7. The molecule has 3 aromatic rings. The van der Waals surface area contributed by atoms with Gasteiger partial charge in [0.2, 0.25) is 0 Å². The first-order valence-corrected chi connectivity index (χ1v) is 8.05. The summed E-state index contributed by atoms with van der Waals surface area (Å²) in [5.41, 5.74) is 0.686. The van der Waals surface area contributed by atoms with Crippen LogP contribution in [0.2, 0.25) is 0 Å². The predicted molar refractivity (Wildman–Crippen MR) is 89.3 cm³/mol. The van der Waals surface area contributed by atoms with Crippen molar-refractivity contribution in [1.82, 2.24) is 4.57 Å². The summed E-state index contributed by atoms with van der Waals surface area (Å²) in [6, 6.07) is 11.2. The molecule has 0 aliphatic heterocycles. The van der Waals surface area contributed by atoms with E-state index in [1.54, 1.807) is 18.4 Å². The lowest BCUT2D eigenvalue weighted by atomic mass is 10.2. The number of nitrogens with zero attached hydrogens (tertiary/aromatic N) is 1. The summed E-state index contributed by atoms with van der Waals surface area (Å²) in [6.07, 6.45) is 0. The Morgan fingerprint density at radius 1 is 1.26 bits per heavy atom. The van der Waals surface area contributed by atoms with Crippen molar-refractivity contribution in [1.29, 1.82) is 0 Å². The van der Waals surface area contributed by atoms with Crippen LogP contribution in [0, 0.1) is 0 Å². The Kier molecular flexibility index (Phi) is 4.16. The van der Waals surface area contributed by atoms with Crippen LogP contribution in [-0.2, 0) is 11.3 Å². The van der Waals surface area contributed by atoms with Crippen molar-refractivity contribution in [3.05, 3.63) is 63.3 Å². The second-order valence-corrected chi connectivity index (χ2v) is 5.87. The molecule has 3 rings (SSSR count). The van der Waals surface area contributed by atoms with Crippen LogP contribution in [0.3, 0.4) is 0 Å². The summed E-state index contributed by atoms with van der Waals surface area (Å²) < 4.78 is 6.91. The number of rotatable bonds is 4. The van der Waals surface area contributed by atoms with Crippen molar-refractivity contribution < 1.29 is 14.6 Å². The normalized spacial score (nSPS) is 10.8. The van der Waals surface area contributed by atoms with Gasteiger partial charge in [0.05, 0.1) is 23.4 Å². The fraction of sp³-hybridized carbons (Fsp3) is 0.176. The molecule has 0 fully saturated rings. The molecule has 0 radical (unpaired) electrons. The quantitative estimate of drug-likeness (QED) is 0.747. The van der Waals surface area contributed by atoms with E-state index in [9.17, 15) is 14.7 Å². The van der Waals surface area contributed by atoms with Crippen LogP contribution in [0.5, 0.6) is 5.75 Å². The highest BCUT2D eigenvalue weighted by Crippen LogP contribution is 2.31. The summed E-state index contributed by atoms with van der Waals surface area (Å²) in [6.45, 7) is 2.11. The molecule has 0 bridgehead atoms. The predicted octanol–water partition coefficient (Wildman–Crippen LogP) is 2.99. The van der Waals surface area contributed by atoms with E-state index in [0.717, 1.165) is 5.56 Å². The molecule has 0 saturated carbocycles. The molecule has 0 aliphatic carbocycles. The van der Waals surface area contributed by atoms with Gasteiger partial charge < -0.3 is 14.4 Å². The van der Waals surface area contributed by atoms with Crippen molar-refractivity contribution in [2.45, 2.75) is 13.5 Å². The van der Waals surface area contributed by atoms with Gasteiger partial charge in [0.1, 0.15) is 0 Å². The minimum atomic E-state index is -0.799. The van der Waals surface area contributed by atoms with E-state index in [2.05, 4.69) is 0 Å². The molecule has 5 nitrogen and oxygen atoms in total. The first-order valence-electron chi connectivity index (χ1n) is 7.17. The average Bonchev–Trinajstić information content (AvgIpc) is 3.03. The Morgan fingerprint density at radius 3 is 2.70 bits per heavy atom. The molecule has 0 atom stereocenters. The van der Waals surface area contributed by atoms with Crippen molar-refractivity contribution in [3.63, 3.8) is 0 Å². The Hall–Kier alpha value is -2.60. The second-order valence-electron chi connectivity index (χ2n) is 4.96. The summed E-state index contributed by atoms with van der Waals surface area (Å²) >= 11 is 1.28. The summed E-state index contributed by atoms with van der Waals surface area (Å²) in [5.74, 6) is -1.10. The molecule has 6 heteroatoms. The van der Waals surface area contributed by atoms with E-state index in [1.165, 1.54) is 15.9 Å². The van der Waals surface area contributed by atoms with E-state index < -0.39 is 11.5 Å². The Morgan fingerprint density at radius 2 is 2.00 bits per heavy atom. The van der Waals surface area contributed by atoms with Crippen LogP contribution in [0.25, 0.3) is 10.2 Å². The van der Waals surface area contributed by atoms with Crippen molar-refractivity contribution in [2.75, 3.05) is 6.61 Å². The lowest BCUT2D eigenvalue weighted by molar-refractivity contribution is 0.0520. The summed E-state index contributed by atoms with van der Waals surface area (Å²) in [4.78, 5) is 24.8. The highest BCUT2D eigenvalue weighted by Gasteiger charge is 2.24. The van der Waals surface area contributed by atoms with Crippen LogP contribution < -0.4 is 5.56 Å². The monoisotopic (exact) mass is 329 g/mol. The number of benzene rings is 1. The third-order valence-electron chi connectivity index (χ3n) is 3.51. The van der Waals surface area contributed by atoms with E-state index >= 15 is 0 Å². The van der Waals surface area contributed by atoms with Gasteiger partial charge in [-0.3, -0.25) is 4.79 Å². The lowest BCUT2D eigenvalue weighted by Crippen LogP contribution is -2.28. The number of fused-ring (bicyclic) bond motifs is 1. The lowest BCUT2D eigenvalue weighted by Gasteiger charge is -2.12. The molecule has 0 unspecified atom stereocenters. The largest absolute Gasteiger partial charge is 0.505 e. The number of pyridine rings is 1. The number of aromatic hydroxyl groups is 1.